The second kappa shape index (κ2) is 5.33. The lowest BCUT2D eigenvalue weighted by Gasteiger charge is -2.06. The summed E-state index contributed by atoms with van der Waals surface area (Å²) in [5.74, 6) is 0.832. The first-order valence-electron chi connectivity index (χ1n) is 5.85. The van der Waals surface area contributed by atoms with Gasteiger partial charge in [-0.3, -0.25) is 4.98 Å². The van der Waals surface area contributed by atoms with Crippen molar-refractivity contribution in [1.29, 1.82) is 5.26 Å². The lowest BCUT2D eigenvalue weighted by molar-refractivity contribution is 0.340. The molecule has 0 N–H and O–H groups in total. The topological polar surface area (TPSA) is 45.9 Å². The van der Waals surface area contributed by atoms with Crippen molar-refractivity contribution in [2.75, 3.05) is 6.61 Å². The van der Waals surface area contributed by atoms with E-state index in [4.69, 9.17) is 10.00 Å². The molecular formula is C15H14N2O. The standard InChI is InChI=1S/C15H14N2O/c1-3-18-14-6-4-5-12(9-14)15-8-7-13(10-16)11(2)17-15/h4-9H,3H2,1-2H3. The number of rotatable bonds is 3. The van der Waals surface area contributed by atoms with Crippen LogP contribution >= 0.6 is 0 Å². The minimum atomic E-state index is 0.611. The van der Waals surface area contributed by atoms with Crippen LogP contribution < -0.4 is 4.74 Å². The first-order chi connectivity index (χ1) is 8.74. The summed E-state index contributed by atoms with van der Waals surface area (Å²) in [6.45, 7) is 4.44. The van der Waals surface area contributed by atoms with Crippen LogP contribution in [0.1, 0.15) is 18.2 Å². The molecule has 0 atom stereocenters. The zero-order chi connectivity index (χ0) is 13.0. The van der Waals surface area contributed by atoms with Crippen molar-refractivity contribution in [3.05, 3.63) is 47.7 Å². The van der Waals surface area contributed by atoms with E-state index in [2.05, 4.69) is 11.1 Å². The summed E-state index contributed by atoms with van der Waals surface area (Å²) in [4.78, 5) is 4.44. The molecule has 1 aromatic carbocycles. The molecule has 1 aromatic heterocycles. The molecule has 3 nitrogen and oxygen atoms in total. The minimum Gasteiger partial charge on any atom is -0.494 e. The van der Waals surface area contributed by atoms with E-state index in [9.17, 15) is 0 Å². The van der Waals surface area contributed by atoms with Crippen molar-refractivity contribution >= 4 is 0 Å². The first kappa shape index (κ1) is 12.1. The Bertz CT molecular complexity index is 600. The van der Waals surface area contributed by atoms with Gasteiger partial charge in [0, 0.05) is 5.56 Å². The molecule has 18 heavy (non-hydrogen) atoms. The van der Waals surface area contributed by atoms with Crippen LogP contribution in [0.3, 0.4) is 0 Å². The van der Waals surface area contributed by atoms with Gasteiger partial charge in [0.05, 0.1) is 23.6 Å². The van der Waals surface area contributed by atoms with Crippen LogP contribution in [0.2, 0.25) is 0 Å². The Hall–Kier alpha value is -2.34. The van der Waals surface area contributed by atoms with E-state index in [0.717, 1.165) is 22.7 Å². The van der Waals surface area contributed by atoms with Gasteiger partial charge in [0.1, 0.15) is 11.8 Å². The zero-order valence-electron chi connectivity index (χ0n) is 10.5. The Morgan fingerprint density at radius 1 is 1.28 bits per heavy atom. The number of hydrogen-bond acceptors (Lipinski definition) is 3. The highest BCUT2D eigenvalue weighted by atomic mass is 16.5. The van der Waals surface area contributed by atoms with E-state index >= 15 is 0 Å². The summed E-state index contributed by atoms with van der Waals surface area (Å²) in [5, 5.41) is 8.88. The fourth-order valence-electron chi connectivity index (χ4n) is 1.75. The maximum absolute atomic E-state index is 8.88. The number of aryl methyl sites for hydroxylation is 1. The van der Waals surface area contributed by atoms with Gasteiger partial charge in [0.2, 0.25) is 0 Å². The fourth-order valence-corrected chi connectivity index (χ4v) is 1.75. The molecule has 0 radical (unpaired) electrons. The van der Waals surface area contributed by atoms with Crippen molar-refractivity contribution in [1.82, 2.24) is 4.98 Å². The first-order valence-corrected chi connectivity index (χ1v) is 5.85. The molecule has 2 aromatic rings. The summed E-state index contributed by atoms with van der Waals surface area (Å²) in [7, 11) is 0. The molecule has 3 heteroatoms. The van der Waals surface area contributed by atoms with Crippen molar-refractivity contribution < 1.29 is 4.74 Å². The van der Waals surface area contributed by atoms with Crippen LogP contribution in [0.4, 0.5) is 0 Å². The number of nitriles is 1. The third-order valence-corrected chi connectivity index (χ3v) is 2.65. The lowest BCUT2D eigenvalue weighted by Crippen LogP contribution is -1.93. The molecule has 0 aliphatic heterocycles. The van der Waals surface area contributed by atoms with Crippen LogP contribution in [-0.2, 0) is 0 Å². The normalized spacial score (nSPS) is 9.83. The largest absolute Gasteiger partial charge is 0.494 e. The van der Waals surface area contributed by atoms with Gasteiger partial charge in [0.25, 0.3) is 0 Å². The maximum atomic E-state index is 8.88. The summed E-state index contributed by atoms with van der Waals surface area (Å²) in [5.41, 5.74) is 3.21. The Labute approximate surface area is 107 Å². The molecule has 90 valence electrons. The molecular weight excluding hydrogens is 224 g/mol. The Kier molecular flexibility index (Phi) is 3.59. The predicted octanol–water partition coefficient (Wildman–Crippen LogP) is 3.33. The van der Waals surface area contributed by atoms with E-state index < -0.39 is 0 Å². The molecule has 0 bridgehead atoms. The molecule has 0 amide bonds. The molecule has 0 saturated heterocycles. The maximum Gasteiger partial charge on any atom is 0.119 e. The van der Waals surface area contributed by atoms with Gasteiger partial charge in [-0.2, -0.15) is 5.26 Å². The van der Waals surface area contributed by atoms with Crippen LogP contribution in [0.5, 0.6) is 5.75 Å². The summed E-state index contributed by atoms with van der Waals surface area (Å²) in [6.07, 6.45) is 0. The van der Waals surface area contributed by atoms with Gasteiger partial charge in [-0.25, -0.2) is 0 Å². The molecule has 0 unspecified atom stereocenters. The van der Waals surface area contributed by atoms with Crippen molar-refractivity contribution in [2.24, 2.45) is 0 Å². The van der Waals surface area contributed by atoms with Gasteiger partial charge in [-0.15, -0.1) is 0 Å². The third kappa shape index (κ3) is 2.49. The smallest absolute Gasteiger partial charge is 0.119 e. The van der Waals surface area contributed by atoms with Gasteiger partial charge in [-0.05, 0) is 38.1 Å². The van der Waals surface area contributed by atoms with Crippen molar-refractivity contribution in [3.8, 4) is 23.1 Å². The highest BCUT2D eigenvalue weighted by Crippen LogP contribution is 2.23. The number of pyridine rings is 1. The number of nitrogens with zero attached hydrogens (tertiary/aromatic N) is 2. The quantitative estimate of drug-likeness (QED) is 0.824. The molecule has 0 saturated carbocycles. The number of benzene rings is 1. The molecule has 0 aliphatic carbocycles. The van der Waals surface area contributed by atoms with Crippen LogP contribution in [0, 0.1) is 18.3 Å². The average molecular weight is 238 g/mol. The highest BCUT2D eigenvalue weighted by Gasteiger charge is 2.04. The highest BCUT2D eigenvalue weighted by molar-refractivity contribution is 5.62. The third-order valence-electron chi connectivity index (χ3n) is 2.65. The van der Waals surface area contributed by atoms with Gasteiger partial charge in [0.15, 0.2) is 0 Å². The minimum absolute atomic E-state index is 0.611. The van der Waals surface area contributed by atoms with Gasteiger partial charge in [-0.1, -0.05) is 12.1 Å². The molecule has 0 fully saturated rings. The second-order valence-corrected chi connectivity index (χ2v) is 3.90. The monoisotopic (exact) mass is 238 g/mol. The van der Waals surface area contributed by atoms with E-state index in [0.29, 0.717) is 12.2 Å². The van der Waals surface area contributed by atoms with E-state index in [1.165, 1.54) is 0 Å². The Balaban J connectivity index is 2.40. The molecule has 1 heterocycles. The van der Waals surface area contributed by atoms with Crippen LogP contribution in [-0.4, -0.2) is 11.6 Å². The van der Waals surface area contributed by atoms with Crippen molar-refractivity contribution in [3.63, 3.8) is 0 Å². The molecule has 0 spiro atoms. The van der Waals surface area contributed by atoms with Gasteiger partial charge < -0.3 is 4.74 Å². The summed E-state index contributed by atoms with van der Waals surface area (Å²) in [6, 6.07) is 13.6. The number of aromatic nitrogens is 1. The van der Waals surface area contributed by atoms with E-state index in [1.807, 2.05) is 44.2 Å². The predicted molar refractivity (Wildman–Crippen MR) is 70.3 cm³/mol. The lowest BCUT2D eigenvalue weighted by atomic mass is 10.1. The summed E-state index contributed by atoms with van der Waals surface area (Å²) < 4.78 is 5.46. The van der Waals surface area contributed by atoms with E-state index in [-0.39, 0.29) is 0 Å². The summed E-state index contributed by atoms with van der Waals surface area (Å²) >= 11 is 0. The van der Waals surface area contributed by atoms with Gasteiger partial charge >= 0.3 is 0 Å². The molecule has 0 aliphatic rings. The SMILES string of the molecule is CCOc1cccc(-c2ccc(C#N)c(C)n2)c1. The number of hydrogen-bond donors (Lipinski definition) is 0. The molecule has 2 rings (SSSR count). The second-order valence-electron chi connectivity index (χ2n) is 3.90. The van der Waals surface area contributed by atoms with Crippen LogP contribution in [0.15, 0.2) is 36.4 Å². The average Bonchev–Trinajstić information content (AvgIpc) is 2.39. The zero-order valence-corrected chi connectivity index (χ0v) is 10.5. The van der Waals surface area contributed by atoms with Crippen molar-refractivity contribution in [2.45, 2.75) is 13.8 Å². The number of ether oxygens (including phenoxy) is 1. The fraction of sp³-hybridized carbons (Fsp3) is 0.200. The van der Waals surface area contributed by atoms with E-state index in [1.54, 1.807) is 6.07 Å². The Morgan fingerprint density at radius 3 is 2.78 bits per heavy atom. The van der Waals surface area contributed by atoms with Crippen LogP contribution in [0.25, 0.3) is 11.3 Å². The Morgan fingerprint density at radius 2 is 2.11 bits per heavy atom.